The average molecular weight is 242 g/mol. The zero-order valence-electron chi connectivity index (χ0n) is 10.8. The maximum atomic E-state index is 11.5. The molecule has 0 aromatic carbocycles. The van der Waals surface area contributed by atoms with E-state index in [1.54, 1.807) is 0 Å². The molecule has 0 spiro atoms. The monoisotopic (exact) mass is 242 g/mol. The summed E-state index contributed by atoms with van der Waals surface area (Å²) in [5, 5.41) is 5.77. The molecule has 2 N–H and O–H groups in total. The zero-order valence-corrected chi connectivity index (χ0v) is 10.8. The molecule has 0 heterocycles. The van der Waals surface area contributed by atoms with Crippen LogP contribution in [0.3, 0.4) is 0 Å². The van der Waals surface area contributed by atoms with Gasteiger partial charge in [0.05, 0.1) is 13.7 Å². The Hall–Kier alpha value is -1.10. The van der Waals surface area contributed by atoms with Crippen molar-refractivity contribution in [2.75, 3.05) is 20.2 Å². The first-order chi connectivity index (χ1) is 8.04. The molecule has 1 rings (SSSR count). The van der Waals surface area contributed by atoms with Crippen LogP contribution in [-0.2, 0) is 14.3 Å². The van der Waals surface area contributed by atoms with Crippen LogP contribution >= 0.6 is 0 Å². The molecule has 5 nitrogen and oxygen atoms in total. The van der Waals surface area contributed by atoms with Gasteiger partial charge in [0.15, 0.2) is 0 Å². The minimum Gasteiger partial charge on any atom is -0.468 e. The van der Waals surface area contributed by atoms with Crippen LogP contribution in [0.5, 0.6) is 0 Å². The van der Waals surface area contributed by atoms with Crippen molar-refractivity contribution in [2.24, 2.45) is 11.8 Å². The van der Waals surface area contributed by atoms with E-state index in [0.717, 1.165) is 6.54 Å². The third-order valence-corrected chi connectivity index (χ3v) is 2.89. The molecule has 0 radical (unpaired) electrons. The summed E-state index contributed by atoms with van der Waals surface area (Å²) in [7, 11) is 1.35. The number of esters is 1. The third-order valence-electron chi connectivity index (χ3n) is 2.89. The Labute approximate surface area is 102 Å². The summed E-state index contributed by atoms with van der Waals surface area (Å²) >= 11 is 0. The van der Waals surface area contributed by atoms with Crippen LogP contribution in [0, 0.1) is 11.8 Å². The van der Waals surface area contributed by atoms with E-state index in [-0.39, 0.29) is 24.3 Å². The number of amides is 1. The number of carbonyl (C=O) groups excluding carboxylic acids is 2. The minimum absolute atomic E-state index is 0.0635. The number of methoxy groups -OCH3 is 1. The first-order valence-corrected chi connectivity index (χ1v) is 6.12. The second-order valence-corrected chi connectivity index (χ2v) is 4.87. The fourth-order valence-corrected chi connectivity index (χ4v) is 1.56. The van der Waals surface area contributed by atoms with Gasteiger partial charge in [-0.05, 0) is 24.7 Å². The van der Waals surface area contributed by atoms with Crippen LogP contribution in [0.1, 0.15) is 26.7 Å². The predicted octanol–water partition coefficient (Wildman–Crippen LogP) is 0.300. The molecule has 1 fully saturated rings. The molecule has 0 aromatic heterocycles. The zero-order chi connectivity index (χ0) is 12.8. The largest absolute Gasteiger partial charge is 0.468 e. The molecule has 0 aromatic rings. The Morgan fingerprint density at radius 1 is 1.35 bits per heavy atom. The van der Waals surface area contributed by atoms with Gasteiger partial charge in [-0.25, -0.2) is 0 Å². The summed E-state index contributed by atoms with van der Waals surface area (Å²) in [5.74, 6) is 0.376. The summed E-state index contributed by atoms with van der Waals surface area (Å²) in [6.07, 6.45) is 2.43. The lowest BCUT2D eigenvalue weighted by Crippen LogP contribution is -2.46. The quantitative estimate of drug-likeness (QED) is 0.630. The molecule has 5 heteroatoms. The van der Waals surface area contributed by atoms with Gasteiger partial charge in [-0.3, -0.25) is 14.9 Å². The molecule has 0 saturated heterocycles. The fourth-order valence-electron chi connectivity index (χ4n) is 1.56. The van der Waals surface area contributed by atoms with Crippen LogP contribution in [0.4, 0.5) is 0 Å². The predicted molar refractivity (Wildman–Crippen MR) is 64.4 cm³/mol. The lowest BCUT2D eigenvalue weighted by Gasteiger charge is -2.19. The molecule has 1 unspecified atom stereocenters. The Morgan fingerprint density at radius 2 is 2.00 bits per heavy atom. The number of hydrogen-bond donors (Lipinski definition) is 2. The molecule has 1 amide bonds. The van der Waals surface area contributed by atoms with Crippen LogP contribution in [0.15, 0.2) is 0 Å². The van der Waals surface area contributed by atoms with Crippen molar-refractivity contribution >= 4 is 11.9 Å². The summed E-state index contributed by atoms with van der Waals surface area (Å²) in [6.45, 7) is 4.74. The van der Waals surface area contributed by atoms with Crippen molar-refractivity contribution in [2.45, 2.75) is 32.7 Å². The standard InChI is InChI=1S/C12H22N2O3/c1-8(2)11(12(16)17-3)14-7-10(15)13-6-9-4-5-9/h8-9,11,14H,4-7H2,1-3H3,(H,13,15). The van der Waals surface area contributed by atoms with Crippen LogP contribution in [0.2, 0.25) is 0 Å². The summed E-state index contributed by atoms with van der Waals surface area (Å²) < 4.78 is 4.68. The summed E-state index contributed by atoms with van der Waals surface area (Å²) in [6, 6.07) is -0.424. The van der Waals surface area contributed by atoms with Crippen molar-refractivity contribution in [1.82, 2.24) is 10.6 Å². The van der Waals surface area contributed by atoms with E-state index >= 15 is 0 Å². The molecule has 1 atom stereocenters. The number of hydrogen-bond acceptors (Lipinski definition) is 4. The van der Waals surface area contributed by atoms with Gasteiger partial charge in [-0.15, -0.1) is 0 Å². The minimum atomic E-state index is -0.424. The highest BCUT2D eigenvalue weighted by Gasteiger charge is 2.24. The first-order valence-electron chi connectivity index (χ1n) is 6.12. The highest BCUT2D eigenvalue weighted by Crippen LogP contribution is 2.27. The number of nitrogens with one attached hydrogen (secondary N) is 2. The fraction of sp³-hybridized carbons (Fsp3) is 0.833. The van der Waals surface area contributed by atoms with Crippen LogP contribution in [0.25, 0.3) is 0 Å². The molecule has 0 bridgehead atoms. The second-order valence-electron chi connectivity index (χ2n) is 4.87. The van der Waals surface area contributed by atoms with Crippen molar-refractivity contribution in [3.8, 4) is 0 Å². The average Bonchev–Trinajstić information content (AvgIpc) is 3.09. The molecular formula is C12H22N2O3. The van der Waals surface area contributed by atoms with Crippen LogP contribution < -0.4 is 10.6 Å². The maximum absolute atomic E-state index is 11.5. The van der Waals surface area contributed by atoms with Crippen molar-refractivity contribution in [1.29, 1.82) is 0 Å². The first kappa shape index (κ1) is 14.0. The molecule has 1 aliphatic rings. The van der Waals surface area contributed by atoms with Gasteiger partial charge in [0.1, 0.15) is 6.04 Å². The third kappa shape index (κ3) is 5.17. The highest BCUT2D eigenvalue weighted by atomic mass is 16.5. The lowest BCUT2D eigenvalue weighted by molar-refractivity contribution is -0.144. The maximum Gasteiger partial charge on any atom is 0.323 e. The van der Waals surface area contributed by atoms with Gasteiger partial charge in [0.25, 0.3) is 0 Å². The van der Waals surface area contributed by atoms with E-state index < -0.39 is 6.04 Å². The van der Waals surface area contributed by atoms with Crippen LogP contribution in [-0.4, -0.2) is 38.1 Å². The van der Waals surface area contributed by atoms with E-state index in [0.29, 0.717) is 5.92 Å². The molecule has 17 heavy (non-hydrogen) atoms. The summed E-state index contributed by atoms with van der Waals surface area (Å²) in [5.41, 5.74) is 0. The van der Waals surface area contributed by atoms with Gasteiger partial charge in [-0.1, -0.05) is 13.8 Å². The van der Waals surface area contributed by atoms with E-state index in [9.17, 15) is 9.59 Å². The second kappa shape index (κ2) is 6.59. The lowest BCUT2D eigenvalue weighted by atomic mass is 10.0. The van der Waals surface area contributed by atoms with Gasteiger partial charge in [-0.2, -0.15) is 0 Å². The Balaban J connectivity index is 2.24. The SMILES string of the molecule is COC(=O)C(NCC(=O)NCC1CC1)C(C)C. The van der Waals surface area contributed by atoms with E-state index in [4.69, 9.17) is 0 Å². The van der Waals surface area contributed by atoms with Gasteiger partial charge < -0.3 is 10.1 Å². The Kier molecular flexibility index (Phi) is 5.41. The Morgan fingerprint density at radius 3 is 2.47 bits per heavy atom. The van der Waals surface area contributed by atoms with Crippen molar-refractivity contribution < 1.29 is 14.3 Å². The summed E-state index contributed by atoms with van der Waals surface area (Å²) in [4.78, 5) is 22.9. The van der Waals surface area contributed by atoms with E-state index in [1.165, 1.54) is 20.0 Å². The van der Waals surface area contributed by atoms with Gasteiger partial charge in [0.2, 0.25) is 5.91 Å². The van der Waals surface area contributed by atoms with E-state index in [2.05, 4.69) is 15.4 Å². The number of rotatable bonds is 7. The molecule has 1 saturated carbocycles. The van der Waals surface area contributed by atoms with E-state index in [1.807, 2.05) is 13.8 Å². The van der Waals surface area contributed by atoms with Gasteiger partial charge >= 0.3 is 5.97 Å². The van der Waals surface area contributed by atoms with Gasteiger partial charge in [0, 0.05) is 6.54 Å². The van der Waals surface area contributed by atoms with Crippen molar-refractivity contribution in [3.05, 3.63) is 0 Å². The highest BCUT2D eigenvalue weighted by molar-refractivity contribution is 5.80. The molecule has 0 aliphatic heterocycles. The molecular weight excluding hydrogens is 220 g/mol. The Bertz CT molecular complexity index is 275. The molecule has 98 valence electrons. The molecule has 1 aliphatic carbocycles. The normalized spacial score (nSPS) is 16.7. The topological polar surface area (TPSA) is 67.4 Å². The smallest absolute Gasteiger partial charge is 0.323 e. The van der Waals surface area contributed by atoms with Crippen molar-refractivity contribution in [3.63, 3.8) is 0 Å². The number of carbonyl (C=O) groups is 2. The number of ether oxygens (including phenoxy) is 1.